The zero-order valence-corrected chi connectivity index (χ0v) is 20.3. The van der Waals surface area contributed by atoms with E-state index in [1.54, 1.807) is 11.3 Å². The second-order valence-electron chi connectivity index (χ2n) is 9.61. The summed E-state index contributed by atoms with van der Waals surface area (Å²) in [6, 6.07) is 0.490. The lowest BCUT2D eigenvalue weighted by Gasteiger charge is -2.40. The molecule has 3 atom stereocenters. The minimum Gasteiger partial charge on any atom is -0.408 e. The molecule has 0 unspecified atom stereocenters. The number of aliphatic hydroxyl groups is 1. The van der Waals surface area contributed by atoms with E-state index < -0.39 is 8.32 Å². The Morgan fingerprint density at radius 2 is 2.00 bits per heavy atom. The van der Waals surface area contributed by atoms with Gasteiger partial charge in [-0.1, -0.05) is 20.8 Å². The minimum atomic E-state index is -1.79. The fraction of sp³-hybridized carbons (Fsp3) is 0.850. The van der Waals surface area contributed by atoms with E-state index >= 15 is 0 Å². The third-order valence-corrected chi connectivity index (χ3v) is 11.6. The van der Waals surface area contributed by atoms with Gasteiger partial charge in [0.1, 0.15) is 5.01 Å². The summed E-state index contributed by atoms with van der Waals surface area (Å²) in [5.41, 5.74) is 0. The van der Waals surface area contributed by atoms with E-state index in [1.165, 1.54) is 4.88 Å². The number of hydrogen-bond donors (Lipinski definition) is 1. The van der Waals surface area contributed by atoms with Gasteiger partial charge in [-0.25, -0.2) is 4.98 Å². The van der Waals surface area contributed by atoms with Crippen molar-refractivity contribution in [1.29, 1.82) is 0 Å². The highest BCUT2D eigenvalue weighted by Gasteiger charge is 2.39. The van der Waals surface area contributed by atoms with Crippen LogP contribution in [-0.4, -0.2) is 66.5 Å². The van der Waals surface area contributed by atoms with Crippen LogP contribution in [0.4, 0.5) is 0 Å². The molecule has 0 aromatic carbocycles. The van der Waals surface area contributed by atoms with Crippen molar-refractivity contribution in [3.8, 4) is 0 Å². The Morgan fingerprint density at radius 1 is 1.33 bits per heavy atom. The van der Waals surface area contributed by atoms with Gasteiger partial charge in [-0.2, -0.15) is 0 Å². The highest BCUT2D eigenvalue weighted by molar-refractivity contribution is 7.11. The van der Waals surface area contributed by atoms with Crippen LogP contribution in [0.15, 0.2) is 6.20 Å². The number of β-amino-alcohol motifs (C(OH)–C–C–N with tert-alkyl or cyclic N) is 1. The Labute approximate surface area is 170 Å². The van der Waals surface area contributed by atoms with E-state index in [2.05, 4.69) is 62.5 Å². The van der Waals surface area contributed by atoms with E-state index in [4.69, 9.17) is 4.43 Å². The van der Waals surface area contributed by atoms with Gasteiger partial charge in [-0.3, -0.25) is 9.80 Å². The molecule has 156 valence electrons. The molecule has 1 aromatic rings. The average molecular weight is 414 g/mol. The van der Waals surface area contributed by atoms with Gasteiger partial charge in [0, 0.05) is 49.8 Å². The van der Waals surface area contributed by atoms with Crippen molar-refractivity contribution in [1.82, 2.24) is 14.8 Å². The number of hydrogen-bond acceptors (Lipinski definition) is 6. The van der Waals surface area contributed by atoms with Crippen LogP contribution in [0.25, 0.3) is 0 Å². The number of piperazine rings is 1. The zero-order valence-electron chi connectivity index (χ0n) is 18.5. The van der Waals surface area contributed by atoms with Gasteiger partial charge < -0.3 is 9.53 Å². The molecule has 7 heteroatoms. The first-order valence-electron chi connectivity index (χ1n) is 10.2. The first kappa shape index (κ1) is 23.0. The number of thiazole rings is 1. The molecule has 1 saturated heterocycles. The maximum atomic E-state index is 9.61. The van der Waals surface area contributed by atoms with Gasteiger partial charge >= 0.3 is 0 Å². The monoisotopic (exact) mass is 413 g/mol. The second kappa shape index (κ2) is 9.01. The molecule has 5 nitrogen and oxygen atoms in total. The lowest BCUT2D eigenvalue weighted by Crippen LogP contribution is -2.52. The predicted octanol–water partition coefficient (Wildman–Crippen LogP) is 4.11. The summed E-state index contributed by atoms with van der Waals surface area (Å²) < 4.78 is 6.51. The predicted molar refractivity (Wildman–Crippen MR) is 117 cm³/mol. The van der Waals surface area contributed by atoms with Crippen molar-refractivity contribution >= 4 is 19.7 Å². The summed E-state index contributed by atoms with van der Waals surface area (Å²) >= 11 is 1.79. The summed E-state index contributed by atoms with van der Waals surface area (Å²) in [5, 5.41) is 10.9. The Hall–Kier alpha value is -0.313. The number of aliphatic hydroxyl groups excluding tert-OH is 1. The molecule has 0 aliphatic carbocycles. The van der Waals surface area contributed by atoms with Crippen LogP contribution in [0.5, 0.6) is 0 Å². The normalized spacial score (nSPS) is 22.8. The molecule has 0 radical (unpaired) electrons. The molecule has 1 N–H and O–H groups in total. The van der Waals surface area contributed by atoms with Crippen LogP contribution in [-0.2, 0) is 11.0 Å². The molecule has 1 fully saturated rings. The Balaban J connectivity index is 1.92. The maximum Gasteiger partial charge on any atom is 0.193 e. The third kappa shape index (κ3) is 6.34. The summed E-state index contributed by atoms with van der Waals surface area (Å²) in [4.78, 5) is 10.9. The third-order valence-electron chi connectivity index (χ3n) is 5.93. The topological polar surface area (TPSA) is 48.8 Å². The molecule has 1 aliphatic rings. The molecule has 1 aromatic heterocycles. The summed E-state index contributed by atoms with van der Waals surface area (Å²) in [6.45, 7) is 22.5. The lowest BCUT2D eigenvalue weighted by atomic mass is 10.1. The van der Waals surface area contributed by atoms with E-state index in [0.717, 1.165) is 37.7 Å². The van der Waals surface area contributed by atoms with Crippen molar-refractivity contribution < 1.29 is 9.53 Å². The first-order chi connectivity index (χ1) is 12.4. The van der Waals surface area contributed by atoms with E-state index in [-0.39, 0.29) is 17.2 Å². The molecule has 1 aliphatic heterocycles. The standard InChI is InChI=1S/C20H39N3O2SSi/c1-15-12-22(13-16(2)24)9-10-23(15)14-18-11-21-19(26-18)17(3)25-27(7,8)20(4,5)6/h11,15-17,24H,9-10,12-14H2,1-8H3/t15-,16-,17-/m0/s1. The molecular weight excluding hydrogens is 374 g/mol. The SMILES string of the molecule is C[C@H](O)CN1CCN(Cc2cnc([C@H](C)O[Si](C)(C)C(C)(C)C)s2)[C@@H](C)C1. The van der Waals surface area contributed by atoms with Gasteiger partial charge in [-0.15, -0.1) is 11.3 Å². The molecule has 0 bridgehead atoms. The molecule has 0 amide bonds. The Bertz CT molecular complexity index is 600. The highest BCUT2D eigenvalue weighted by Crippen LogP contribution is 2.40. The van der Waals surface area contributed by atoms with E-state index in [0.29, 0.717) is 6.04 Å². The largest absolute Gasteiger partial charge is 0.408 e. The fourth-order valence-electron chi connectivity index (χ4n) is 3.30. The quantitative estimate of drug-likeness (QED) is 0.682. The van der Waals surface area contributed by atoms with E-state index in [9.17, 15) is 5.11 Å². The molecule has 2 heterocycles. The summed E-state index contributed by atoms with van der Waals surface area (Å²) in [7, 11) is -1.79. The summed E-state index contributed by atoms with van der Waals surface area (Å²) in [6.07, 6.45) is 1.83. The van der Waals surface area contributed by atoms with E-state index in [1.807, 2.05) is 13.1 Å². The molecule has 2 rings (SSSR count). The highest BCUT2D eigenvalue weighted by atomic mass is 32.1. The zero-order chi connectivity index (χ0) is 20.4. The van der Waals surface area contributed by atoms with Crippen LogP contribution in [0.2, 0.25) is 18.1 Å². The molecule has 0 saturated carbocycles. The first-order valence-corrected chi connectivity index (χ1v) is 13.9. The lowest BCUT2D eigenvalue weighted by molar-refractivity contribution is 0.0477. The van der Waals surface area contributed by atoms with Gasteiger partial charge in [0.25, 0.3) is 0 Å². The Kier molecular flexibility index (Phi) is 7.66. The molecule has 27 heavy (non-hydrogen) atoms. The van der Waals surface area contributed by atoms with Gasteiger partial charge in [-0.05, 0) is 38.9 Å². The van der Waals surface area contributed by atoms with Crippen LogP contribution >= 0.6 is 11.3 Å². The summed E-state index contributed by atoms with van der Waals surface area (Å²) in [5.74, 6) is 0. The van der Waals surface area contributed by atoms with Gasteiger partial charge in [0.15, 0.2) is 8.32 Å². The maximum absolute atomic E-state index is 9.61. The van der Waals surface area contributed by atoms with Crippen LogP contribution in [0, 0.1) is 0 Å². The van der Waals surface area contributed by atoms with Crippen LogP contribution in [0.1, 0.15) is 57.5 Å². The minimum absolute atomic E-state index is 0.0601. The number of rotatable bonds is 7. The molecule has 0 spiro atoms. The van der Waals surface area contributed by atoms with Crippen molar-refractivity contribution in [2.45, 2.75) is 84.5 Å². The average Bonchev–Trinajstić information content (AvgIpc) is 2.96. The molecular formula is C20H39N3O2SSi. The Morgan fingerprint density at radius 3 is 2.56 bits per heavy atom. The fourth-order valence-corrected chi connectivity index (χ4v) is 5.66. The van der Waals surface area contributed by atoms with Gasteiger partial charge in [0.05, 0.1) is 12.2 Å². The van der Waals surface area contributed by atoms with Crippen molar-refractivity contribution in [3.63, 3.8) is 0 Å². The van der Waals surface area contributed by atoms with Gasteiger partial charge in [0.2, 0.25) is 0 Å². The van der Waals surface area contributed by atoms with Crippen LogP contribution < -0.4 is 0 Å². The van der Waals surface area contributed by atoms with Crippen molar-refractivity contribution in [2.24, 2.45) is 0 Å². The number of aromatic nitrogens is 1. The number of nitrogens with zero attached hydrogens (tertiary/aromatic N) is 3. The smallest absolute Gasteiger partial charge is 0.193 e. The second-order valence-corrected chi connectivity index (χ2v) is 15.5. The van der Waals surface area contributed by atoms with Crippen molar-refractivity contribution in [3.05, 3.63) is 16.1 Å². The van der Waals surface area contributed by atoms with Crippen LogP contribution in [0.3, 0.4) is 0 Å². The van der Waals surface area contributed by atoms with Crippen molar-refractivity contribution in [2.75, 3.05) is 26.2 Å².